The van der Waals surface area contributed by atoms with Gasteiger partial charge in [-0.2, -0.15) is 0 Å². The van der Waals surface area contributed by atoms with E-state index in [-0.39, 0.29) is 40.4 Å². The van der Waals surface area contributed by atoms with Gasteiger partial charge in [-0.1, -0.05) is 39.0 Å². The molecule has 0 aliphatic heterocycles. The minimum absolute atomic E-state index is 0. The van der Waals surface area contributed by atoms with Gasteiger partial charge in [-0.05, 0) is 46.7 Å². The molecule has 0 aromatic rings. The molecule has 0 amide bonds. The summed E-state index contributed by atoms with van der Waals surface area (Å²) >= 11 is 0. The summed E-state index contributed by atoms with van der Waals surface area (Å²) in [6.45, 7) is 6.03. The standard InChI is InChI=1S/C15H18O3S.Na/c1-4-11-9-15(19(16,17)18)14-8-12(10(2)3)6-5-7-13(11)14;/h5-10H,4H2,1-3H3,(H,16,17,18);/q;+1/p-1. The predicted molar refractivity (Wildman–Crippen MR) is 74.5 cm³/mol. The second kappa shape index (κ2) is 6.58. The fourth-order valence-corrected chi connectivity index (χ4v) is 3.02. The van der Waals surface area contributed by atoms with Crippen LogP contribution in [0.5, 0.6) is 0 Å². The number of rotatable bonds is 3. The van der Waals surface area contributed by atoms with E-state index in [9.17, 15) is 13.0 Å². The molecule has 0 aromatic heterocycles. The molecule has 2 aliphatic carbocycles. The van der Waals surface area contributed by atoms with Gasteiger partial charge in [-0.25, -0.2) is 8.42 Å². The van der Waals surface area contributed by atoms with Crippen molar-refractivity contribution in [3.05, 3.63) is 41.5 Å². The first kappa shape index (κ1) is 17.7. The van der Waals surface area contributed by atoms with E-state index in [0.29, 0.717) is 12.0 Å². The molecule has 0 radical (unpaired) electrons. The van der Waals surface area contributed by atoms with E-state index in [1.54, 1.807) is 0 Å². The normalized spacial score (nSPS) is 11.7. The second-order valence-electron chi connectivity index (χ2n) is 4.99. The molecule has 0 saturated carbocycles. The third-order valence-corrected chi connectivity index (χ3v) is 4.26. The summed E-state index contributed by atoms with van der Waals surface area (Å²) in [4.78, 5) is -0.0996. The number of fused-ring (bicyclic) bond motifs is 1. The Morgan fingerprint density at radius 2 is 1.80 bits per heavy atom. The number of hydrogen-bond donors (Lipinski definition) is 0. The average molecular weight is 300 g/mol. The van der Waals surface area contributed by atoms with Crippen LogP contribution in [0.2, 0.25) is 0 Å². The van der Waals surface area contributed by atoms with Crippen molar-refractivity contribution in [3.63, 3.8) is 0 Å². The van der Waals surface area contributed by atoms with Crippen LogP contribution in [0, 0.1) is 0 Å². The molecule has 0 unspecified atom stereocenters. The summed E-state index contributed by atoms with van der Waals surface area (Å²) < 4.78 is 34.2. The van der Waals surface area contributed by atoms with Gasteiger partial charge in [-0.3, -0.25) is 0 Å². The predicted octanol–water partition coefficient (Wildman–Crippen LogP) is 0.385. The van der Waals surface area contributed by atoms with Gasteiger partial charge in [0, 0.05) is 0 Å². The molecule has 2 aliphatic rings. The van der Waals surface area contributed by atoms with Gasteiger partial charge in [0.15, 0.2) is 0 Å². The van der Waals surface area contributed by atoms with E-state index in [1.165, 1.54) is 6.07 Å². The first-order chi connectivity index (χ1) is 8.84. The van der Waals surface area contributed by atoms with Crippen LogP contribution in [0.25, 0.3) is 11.1 Å². The Morgan fingerprint density at radius 3 is 2.30 bits per heavy atom. The molecule has 0 N–H and O–H groups in total. The third-order valence-electron chi connectivity index (χ3n) is 3.39. The summed E-state index contributed by atoms with van der Waals surface area (Å²) in [5.74, 6) is 0.276. The van der Waals surface area contributed by atoms with Gasteiger partial charge < -0.3 is 4.55 Å². The smallest absolute Gasteiger partial charge is 0.744 e. The summed E-state index contributed by atoms with van der Waals surface area (Å²) in [7, 11) is -4.44. The molecule has 0 bridgehead atoms. The molecular weight excluding hydrogens is 283 g/mol. The van der Waals surface area contributed by atoms with Gasteiger partial charge in [0.05, 0.1) is 4.90 Å². The number of aryl methyl sites for hydroxylation is 1. The molecule has 0 fully saturated rings. The van der Waals surface area contributed by atoms with Crippen LogP contribution in [0.4, 0.5) is 0 Å². The summed E-state index contributed by atoms with van der Waals surface area (Å²) in [5, 5.41) is 0. The molecule has 0 atom stereocenters. The second-order valence-corrected chi connectivity index (χ2v) is 6.34. The molecule has 0 saturated heterocycles. The molecule has 0 spiro atoms. The molecule has 3 nitrogen and oxygen atoms in total. The van der Waals surface area contributed by atoms with Crippen molar-refractivity contribution in [2.24, 2.45) is 0 Å². The van der Waals surface area contributed by atoms with Crippen molar-refractivity contribution < 1.29 is 42.5 Å². The van der Waals surface area contributed by atoms with Crippen LogP contribution < -0.4 is 29.6 Å². The van der Waals surface area contributed by atoms with Crippen molar-refractivity contribution in [2.45, 2.75) is 38.0 Å². The van der Waals surface area contributed by atoms with Gasteiger partial charge in [-0.15, -0.1) is 0 Å². The molecule has 20 heavy (non-hydrogen) atoms. The molecule has 102 valence electrons. The number of hydrogen-bond acceptors (Lipinski definition) is 3. The SMILES string of the molecule is CCc1cc(S(=O)(=O)[O-])c2cc(C(C)C)cccc1-2.[Na+]. The van der Waals surface area contributed by atoms with Gasteiger partial charge in [0.25, 0.3) is 0 Å². The summed E-state index contributed by atoms with van der Waals surface area (Å²) in [5.41, 5.74) is 3.31. The van der Waals surface area contributed by atoms with Gasteiger partial charge >= 0.3 is 29.6 Å². The monoisotopic (exact) mass is 300 g/mol. The maximum Gasteiger partial charge on any atom is 1.00 e. The molecule has 2 rings (SSSR count). The summed E-state index contributed by atoms with van der Waals surface area (Å²) in [6.07, 6.45) is 0.701. The van der Waals surface area contributed by atoms with Crippen LogP contribution in [0.1, 0.15) is 37.8 Å². The Labute approximate surface area is 142 Å². The van der Waals surface area contributed by atoms with Gasteiger partial charge in [0.1, 0.15) is 10.1 Å². The third kappa shape index (κ3) is 3.43. The van der Waals surface area contributed by atoms with E-state index in [4.69, 9.17) is 0 Å². The zero-order valence-electron chi connectivity index (χ0n) is 12.3. The first-order valence-corrected chi connectivity index (χ1v) is 7.77. The van der Waals surface area contributed by atoms with Crippen molar-refractivity contribution in [3.8, 4) is 11.1 Å². The maximum absolute atomic E-state index is 11.4. The van der Waals surface area contributed by atoms with E-state index >= 15 is 0 Å². The quantitative estimate of drug-likeness (QED) is 0.608. The molecular formula is C15H17NaO3S. The van der Waals surface area contributed by atoms with E-state index in [2.05, 4.69) is 0 Å². The van der Waals surface area contributed by atoms with Crippen LogP contribution in [0.15, 0.2) is 35.2 Å². The topological polar surface area (TPSA) is 57.2 Å². The minimum Gasteiger partial charge on any atom is -0.744 e. The van der Waals surface area contributed by atoms with Crippen molar-refractivity contribution in [1.82, 2.24) is 0 Å². The Hall–Kier alpha value is -0.390. The zero-order valence-corrected chi connectivity index (χ0v) is 15.1. The Morgan fingerprint density at radius 1 is 1.15 bits per heavy atom. The van der Waals surface area contributed by atoms with Crippen molar-refractivity contribution >= 4 is 10.1 Å². The first-order valence-electron chi connectivity index (χ1n) is 6.36. The fourth-order valence-electron chi connectivity index (χ4n) is 2.29. The minimum atomic E-state index is -4.44. The Balaban J connectivity index is 0.00000200. The van der Waals surface area contributed by atoms with E-state index in [0.717, 1.165) is 16.7 Å². The average Bonchev–Trinajstić information content (AvgIpc) is 2.52. The van der Waals surface area contributed by atoms with Crippen LogP contribution in [0.3, 0.4) is 0 Å². The molecule has 0 aromatic carbocycles. The molecule has 0 heterocycles. The van der Waals surface area contributed by atoms with Gasteiger partial charge in [0.2, 0.25) is 0 Å². The van der Waals surface area contributed by atoms with E-state index in [1.807, 2.05) is 45.0 Å². The van der Waals surface area contributed by atoms with Crippen LogP contribution in [-0.2, 0) is 16.5 Å². The largest absolute Gasteiger partial charge is 1.00 e. The van der Waals surface area contributed by atoms with E-state index < -0.39 is 10.1 Å². The Kier molecular flexibility index (Phi) is 5.81. The maximum atomic E-state index is 11.4. The van der Waals surface area contributed by atoms with Crippen molar-refractivity contribution in [2.75, 3.05) is 0 Å². The zero-order chi connectivity index (χ0) is 14.2. The summed E-state index contributed by atoms with van der Waals surface area (Å²) in [6, 6.07) is 9.10. The van der Waals surface area contributed by atoms with Crippen LogP contribution >= 0.6 is 0 Å². The molecule has 5 heteroatoms. The van der Waals surface area contributed by atoms with Crippen LogP contribution in [-0.4, -0.2) is 13.0 Å². The fraction of sp³-hybridized carbons (Fsp3) is 0.333. The Bertz CT molecular complexity index is 678. The van der Waals surface area contributed by atoms with Crippen molar-refractivity contribution in [1.29, 1.82) is 0 Å².